The van der Waals surface area contributed by atoms with Gasteiger partial charge in [-0.05, 0) is 38.0 Å². The van der Waals surface area contributed by atoms with E-state index in [0.29, 0.717) is 12.2 Å². The van der Waals surface area contributed by atoms with E-state index in [2.05, 4.69) is 34.2 Å². The summed E-state index contributed by atoms with van der Waals surface area (Å²) in [5, 5.41) is 12.5. The van der Waals surface area contributed by atoms with Gasteiger partial charge in [0.2, 0.25) is 0 Å². The van der Waals surface area contributed by atoms with Crippen LogP contribution in [0.3, 0.4) is 0 Å². The molecule has 1 saturated heterocycles. The fourth-order valence-electron chi connectivity index (χ4n) is 2.08. The van der Waals surface area contributed by atoms with Crippen LogP contribution >= 0.6 is 15.9 Å². The topological polar surface area (TPSA) is 45.0 Å². The molecule has 1 unspecified atom stereocenters. The van der Waals surface area contributed by atoms with Crippen molar-refractivity contribution in [1.82, 2.24) is 0 Å². The van der Waals surface area contributed by atoms with Crippen LogP contribution in [0.1, 0.15) is 25.3 Å². The number of hydrogen-bond donors (Lipinski definition) is 1. The van der Waals surface area contributed by atoms with Crippen molar-refractivity contribution in [2.75, 3.05) is 18.5 Å². The van der Waals surface area contributed by atoms with Crippen molar-refractivity contribution in [2.45, 2.75) is 25.3 Å². The lowest BCUT2D eigenvalue weighted by Gasteiger charge is -2.35. The van der Waals surface area contributed by atoms with Gasteiger partial charge in [-0.2, -0.15) is 5.26 Å². The van der Waals surface area contributed by atoms with Crippen LogP contribution in [-0.2, 0) is 4.74 Å². The highest BCUT2D eigenvalue weighted by atomic mass is 79.9. The minimum absolute atomic E-state index is 0.0787. The minimum Gasteiger partial charge on any atom is -0.379 e. The fraction of sp³-hybridized carbons (Fsp3) is 0.462. The normalized spacial score (nSPS) is 24.1. The first-order valence-electron chi connectivity index (χ1n) is 5.69. The van der Waals surface area contributed by atoms with Gasteiger partial charge in [0.05, 0.1) is 23.4 Å². The zero-order valence-electron chi connectivity index (χ0n) is 9.79. The Morgan fingerprint density at radius 3 is 3.00 bits per heavy atom. The number of benzene rings is 1. The van der Waals surface area contributed by atoms with E-state index in [-0.39, 0.29) is 5.54 Å². The molecule has 1 aliphatic rings. The van der Waals surface area contributed by atoms with Crippen molar-refractivity contribution in [3.8, 4) is 6.07 Å². The summed E-state index contributed by atoms with van der Waals surface area (Å²) in [5.74, 6) is 0. The zero-order chi connectivity index (χ0) is 12.3. The summed E-state index contributed by atoms with van der Waals surface area (Å²) in [6, 6.07) is 7.85. The SMILES string of the molecule is CC1(Nc2cc(Br)ccc2C#N)CCCOC1. The molecule has 1 heterocycles. The van der Waals surface area contributed by atoms with Gasteiger partial charge in [0, 0.05) is 11.1 Å². The first-order valence-corrected chi connectivity index (χ1v) is 6.48. The van der Waals surface area contributed by atoms with E-state index in [1.54, 1.807) is 0 Å². The summed E-state index contributed by atoms with van der Waals surface area (Å²) in [7, 11) is 0. The Bertz CT molecular complexity index is 447. The lowest BCUT2D eigenvalue weighted by Crippen LogP contribution is -2.43. The highest BCUT2D eigenvalue weighted by molar-refractivity contribution is 9.10. The maximum Gasteiger partial charge on any atom is 0.101 e. The molecule has 1 aromatic carbocycles. The molecule has 0 aromatic heterocycles. The molecule has 2 rings (SSSR count). The molecule has 17 heavy (non-hydrogen) atoms. The smallest absolute Gasteiger partial charge is 0.101 e. The summed E-state index contributed by atoms with van der Waals surface area (Å²) in [6.45, 7) is 3.65. The summed E-state index contributed by atoms with van der Waals surface area (Å²) >= 11 is 3.43. The summed E-state index contributed by atoms with van der Waals surface area (Å²) in [6.07, 6.45) is 2.11. The molecule has 1 fully saturated rings. The van der Waals surface area contributed by atoms with E-state index in [0.717, 1.165) is 29.6 Å². The quantitative estimate of drug-likeness (QED) is 0.910. The number of nitriles is 1. The maximum absolute atomic E-state index is 9.09. The first-order chi connectivity index (χ1) is 8.13. The number of nitrogens with zero attached hydrogens (tertiary/aromatic N) is 1. The van der Waals surface area contributed by atoms with Gasteiger partial charge in [-0.3, -0.25) is 0 Å². The van der Waals surface area contributed by atoms with Crippen LogP contribution in [0.15, 0.2) is 22.7 Å². The minimum atomic E-state index is -0.0787. The Morgan fingerprint density at radius 2 is 2.35 bits per heavy atom. The number of nitrogens with one attached hydrogen (secondary N) is 1. The van der Waals surface area contributed by atoms with Crippen LogP contribution < -0.4 is 5.32 Å². The molecule has 0 amide bonds. The second kappa shape index (κ2) is 5.07. The Kier molecular flexibility index (Phi) is 3.70. The molecule has 90 valence electrons. The van der Waals surface area contributed by atoms with Crippen molar-refractivity contribution < 1.29 is 4.74 Å². The lowest BCUT2D eigenvalue weighted by atomic mass is 9.94. The lowest BCUT2D eigenvalue weighted by molar-refractivity contribution is 0.0540. The molecule has 1 aromatic rings. The predicted molar refractivity (Wildman–Crippen MR) is 70.9 cm³/mol. The largest absolute Gasteiger partial charge is 0.379 e. The molecule has 0 aliphatic carbocycles. The number of halogens is 1. The summed E-state index contributed by atoms with van der Waals surface area (Å²) in [5.41, 5.74) is 1.46. The Balaban J connectivity index is 2.22. The molecule has 0 spiro atoms. The van der Waals surface area contributed by atoms with Gasteiger partial charge in [-0.15, -0.1) is 0 Å². The van der Waals surface area contributed by atoms with Crippen LogP contribution in [0.2, 0.25) is 0 Å². The summed E-state index contributed by atoms with van der Waals surface area (Å²) < 4.78 is 6.48. The molecule has 1 aliphatic heterocycles. The molecular formula is C13H15BrN2O. The van der Waals surface area contributed by atoms with Gasteiger partial charge in [0.25, 0.3) is 0 Å². The average Bonchev–Trinajstić information content (AvgIpc) is 2.29. The van der Waals surface area contributed by atoms with Crippen LogP contribution in [-0.4, -0.2) is 18.8 Å². The zero-order valence-corrected chi connectivity index (χ0v) is 11.4. The fourth-order valence-corrected chi connectivity index (χ4v) is 2.44. The Hall–Kier alpha value is -1.05. The molecule has 3 nitrogen and oxygen atoms in total. The number of hydrogen-bond acceptors (Lipinski definition) is 3. The van der Waals surface area contributed by atoms with Crippen molar-refractivity contribution in [3.05, 3.63) is 28.2 Å². The van der Waals surface area contributed by atoms with Crippen LogP contribution in [0.4, 0.5) is 5.69 Å². The van der Waals surface area contributed by atoms with E-state index in [1.165, 1.54) is 0 Å². The molecule has 0 saturated carbocycles. The molecular weight excluding hydrogens is 280 g/mol. The predicted octanol–water partition coefficient (Wildman–Crippen LogP) is 3.30. The maximum atomic E-state index is 9.09. The van der Waals surface area contributed by atoms with E-state index in [1.807, 2.05) is 18.2 Å². The molecule has 0 radical (unpaired) electrons. The third-order valence-electron chi connectivity index (χ3n) is 2.98. The Labute approximate surface area is 110 Å². The monoisotopic (exact) mass is 294 g/mol. The highest BCUT2D eigenvalue weighted by Gasteiger charge is 2.28. The third kappa shape index (κ3) is 2.99. The van der Waals surface area contributed by atoms with Gasteiger partial charge < -0.3 is 10.1 Å². The summed E-state index contributed by atoms with van der Waals surface area (Å²) in [4.78, 5) is 0. The second-order valence-electron chi connectivity index (χ2n) is 4.64. The van der Waals surface area contributed by atoms with Crippen molar-refractivity contribution in [3.63, 3.8) is 0 Å². The van der Waals surface area contributed by atoms with Gasteiger partial charge in [-0.1, -0.05) is 15.9 Å². The number of anilines is 1. The number of ether oxygens (including phenoxy) is 1. The van der Waals surface area contributed by atoms with Crippen LogP contribution in [0, 0.1) is 11.3 Å². The van der Waals surface area contributed by atoms with Crippen molar-refractivity contribution in [2.24, 2.45) is 0 Å². The molecule has 1 atom stereocenters. The van der Waals surface area contributed by atoms with Gasteiger partial charge >= 0.3 is 0 Å². The molecule has 4 heteroatoms. The Morgan fingerprint density at radius 1 is 1.53 bits per heavy atom. The van der Waals surface area contributed by atoms with Gasteiger partial charge in [0.1, 0.15) is 6.07 Å². The standard InChI is InChI=1S/C13H15BrN2O/c1-13(5-2-6-17-9-13)16-12-7-11(14)4-3-10(12)8-15/h3-4,7,16H,2,5-6,9H2,1H3. The average molecular weight is 295 g/mol. The van der Waals surface area contributed by atoms with Gasteiger partial charge in [-0.25, -0.2) is 0 Å². The molecule has 0 bridgehead atoms. The van der Waals surface area contributed by atoms with E-state index >= 15 is 0 Å². The third-order valence-corrected chi connectivity index (χ3v) is 3.47. The number of rotatable bonds is 2. The van der Waals surface area contributed by atoms with Gasteiger partial charge in [0.15, 0.2) is 0 Å². The van der Waals surface area contributed by atoms with Crippen LogP contribution in [0.5, 0.6) is 0 Å². The van der Waals surface area contributed by atoms with Crippen molar-refractivity contribution >= 4 is 21.6 Å². The molecule has 1 N–H and O–H groups in total. The highest BCUT2D eigenvalue weighted by Crippen LogP contribution is 2.28. The second-order valence-corrected chi connectivity index (χ2v) is 5.56. The van der Waals surface area contributed by atoms with Crippen molar-refractivity contribution in [1.29, 1.82) is 5.26 Å². The van der Waals surface area contributed by atoms with E-state index < -0.39 is 0 Å². The first kappa shape index (κ1) is 12.4. The van der Waals surface area contributed by atoms with Crippen LogP contribution in [0.25, 0.3) is 0 Å². The van der Waals surface area contributed by atoms with E-state index in [9.17, 15) is 0 Å². The van der Waals surface area contributed by atoms with E-state index in [4.69, 9.17) is 10.00 Å².